The van der Waals surface area contributed by atoms with Gasteiger partial charge in [0, 0.05) is 47.9 Å². The molecule has 2 heterocycles. The molecule has 2 aromatic carbocycles. The Kier molecular flexibility index (Phi) is 3.86. The number of rotatable bonds is 4. The number of H-pyrrole nitrogens is 1. The highest BCUT2D eigenvalue weighted by atomic mass is 19.1. The third kappa shape index (κ3) is 2.72. The van der Waals surface area contributed by atoms with Crippen molar-refractivity contribution in [2.45, 2.75) is 5.92 Å². The fraction of sp³-hybridized carbons (Fsp3) is 0.150. The number of hydrogen-bond acceptors (Lipinski definition) is 2. The summed E-state index contributed by atoms with van der Waals surface area (Å²) in [5, 5.41) is 5.77. The first kappa shape index (κ1) is 15.6. The zero-order valence-electron chi connectivity index (χ0n) is 13.9. The van der Waals surface area contributed by atoms with E-state index in [0.29, 0.717) is 6.54 Å². The zero-order chi connectivity index (χ0) is 17.4. The normalized spacial score (nSPS) is 12.6. The summed E-state index contributed by atoms with van der Waals surface area (Å²) in [6.07, 6.45) is 2.02. The van der Waals surface area contributed by atoms with E-state index in [1.807, 2.05) is 36.1 Å². The fourth-order valence-corrected chi connectivity index (χ4v) is 3.36. The molecule has 0 amide bonds. The number of para-hydroxylation sites is 1. The summed E-state index contributed by atoms with van der Waals surface area (Å²) in [4.78, 5) is 3.31. The Balaban J connectivity index is 1.78. The maximum atomic E-state index is 13.2. The standard InChI is InChI=1S/C20H19FN4/c1-25-20(10-19(24-25)13-6-8-14(21)9-7-13)16(11-22)17-12-23-18-5-3-2-4-15(17)18/h2-10,12,16,23H,11,22H2,1H3. The molecule has 0 bridgehead atoms. The van der Waals surface area contributed by atoms with E-state index in [1.54, 1.807) is 12.1 Å². The number of fused-ring (bicyclic) bond motifs is 1. The Hall–Kier alpha value is -2.92. The van der Waals surface area contributed by atoms with E-state index >= 15 is 0 Å². The van der Waals surface area contributed by atoms with Crippen LogP contribution in [0.4, 0.5) is 4.39 Å². The molecule has 25 heavy (non-hydrogen) atoms. The Bertz CT molecular complexity index is 1010. The van der Waals surface area contributed by atoms with Gasteiger partial charge in [-0.15, -0.1) is 0 Å². The van der Waals surface area contributed by atoms with E-state index in [4.69, 9.17) is 5.73 Å². The molecule has 3 N–H and O–H groups in total. The van der Waals surface area contributed by atoms with Gasteiger partial charge in [0.05, 0.1) is 5.69 Å². The van der Waals surface area contributed by atoms with Crippen LogP contribution in [0.25, 0.3) is 22.2 Å². The van der Waals surface area contributed by atoms with Gasteiger partial charge >= 0.3 is 0 Å². The number of halogens is 1. The molecule has 0 spiro atoms. The van der Waals surface area contributed by atoms with Crippen LogP contribution < -0.4 is 5.73 Å². The molecule has 0 radical (unpaired) electrons. The molecule has 1 unspecified atom stereocenters. The largest absolute Gasteiger partial charge is 0.361 e. The molecule has 0 saturated heterocycles. The van der Waals surface area contributed by atoms with Gasteiger partial charge < -0.3 is 10.7 Å². The quantitative estimate of drug-likeness (QED) is 0.596. The van der Waals surface area contributed by atoms with Gasteiger partial charge in [0.25, 0.3) is 0 Å². The number of hydrogen-bond donors (Lipinski definition) is 2. The molecule has 4 rings (SSSR count). The molecule has 0 aliphatic heterocycles. The van der Waals surface area contributed by atoms with Gasteiger partial charge in [-0.25, -0.2) is 4.39 Å². The molecule has 126 valence electrons. The fourth-order valence-electron chi connectivity index (χ4n) is 3.36. The summed E-state index contributed by atoms with van der Waals surface area (Å²) in [5.41, 5.74) is 11.1. The third-order valence-electron chi connectivity index (χ3n) is 4.65. The predicted octanol–water partition coefficient (Wildman–Crippen LogP) is 3.80. The van der Waals surface area contributed by atoms with E-state index in [1.165, 1.54) is 17.5 Å². The Morgan fingerprint density at radius 2 is 1.92 bits per heavy atom. The Morgan fingerprint density at radius 3 is 2.68 bits per heavy atom. The van der Waals surface area contributed by atoms with Crippen molar-refractivity contribution in [2.75, 3.05) is 6.54 Å². The highest BCUT2D eigenvalue weighted by Gasteiger charge is 2.21. The van der Waals surface area contributed by atoms with Crippen LogP contribution in [0.3, 0.4) is 0 Å². The number of aromatic nitrogens is 3. The van der Waals surface area contributed by atoms with Crippen molar-refractivity contribution in [3.05, 3.63) is 77.9 Å². The van der Waals surface area contributed by atoms with E-state index in [0.717, 1.165) is 28.0 Å². The molecule has 4 aromatic rings. The number of nitrogens with one attached hydrogen (secondary N) is 1. The molecule has 5 heteroatoms. The van der Waals surface area contributed by atoms with Crippen molar-refractivity contribution >= 4 is 10.9 Å². The lowest BCUT2D eigenvalue weighted by Gasteiger charge is -2.14. The second-order valence-electron chi connectivity index (χ2n) is 6.16. The van der Waals surface area contributed by atoms with Gasteiger partial charge in [-0.1, -0.05) is 18.2 Å². The maximum absolute atomic E-state index is 13.2. The Morgan fingerprint density at radius 1 is 1.16 bits per heavy atom. The monoisotopic (exact) mass is 334 g/mol. The predicted molar refractivity (Wildman–Crippen MR) is 97.8 cm³/mol. The summed E-state index contributed by atoms with van der Waals surface area (Å²) in [5.74, 6) is -0.221. The number of benzene rings is 2. The van der Waals surface area contributed by atoms with Crippen molar-refractivity contribution in [2.24, 2.45) is 12.8 Å². The lowest BCUT2D eigenvalue weighted by Crippen LogP contribution is -2.16. The van der Waals surface area contributed by atoms with E-state index in [9.17, 15) is 4.39 Å². The topological polar surface area (TPSA) is 59.6 Å². The zero-order valence-corrected chi connectivity index (χ0v) is 13.9. The van der Waals surface area contributed by atoms with Crippen LogP contribution in [0.1, 0.15) is 17.2 Å². The van der Waals surface area contributed by atoms with Crippen molar-refractivity contribution < 1.29 is 4.39 Å². The van der Waals surface area contributed by atoms with Gasteiger partial charge in [-0.2, -0.15) is 5.10 Å². The molecule has 4 nitrogen and oxygen atoms in total. The summed E-state index contributed by atoms with van der Waals surface area (Å²) in [7, 11) is 1.92. The Labute approximate surface area is 145 Å². The SMILES string of the molecule is Cn1nc(-c2ccc(F)cc2)cc1C(CN)c1c[nH]c2ccccc12. The summed E-state index contributed by atoms with van der Waals surface area (Å²) in [6, 6.07) is 16.6. The van der Waals surface area contributed by atoms with E-state index < -0.39 is 0 Å². The second kappa shape index (κ2) is 6.18. The highest BCUT2D eigenvalue weighted by Crippen LogP contribution is 2.32. The lowest BCUT2D eigenvalue weighted by molar-refractivity contribution is 0.628. The van der Waals surface area contributed by atoms with Crippen LogP contribution in [-0.4, -0.2) is 21.3 Å². The van der Waals surface area contributed by atoms with Crippen LogP contribution in [0.5, 0.6) is 0 Å². The third-order valence-corrected chi connectivity index (χ3v) is 4.65. The molecule has 0 aliphatic carbocycles. The van der Waals surface area contributed by atoms with Crippen LogP contribution in [0, 0.1) is 5.82 Å². The second-order valence-corrected chi connectivity index (χ2v) is 6.16. The molecular formula is C20H19FN4. The average Bonchev–Trinajstić information content (AvgIpc) is 3.22. The first-order chi connectivity index (χ1) is 12.2. The van der Waals surface area contributed by atoms with Gasteiger partial charge in [-0.3, -0.25) is 4.68 Å². The van der Waals surface area contributed by atoms with Crippen molar-refractivity contribution in [1.82, 2.24) is 14.8 Å². The summed E-state index contributed by atoms with van der Waals surface area (Å²) < 4.78 is 15.0. The number of aromatic amines is 1. The van der Waals surface area contributed by atoms with Crippen LogP contribution in [-0.2, 0) is 7.05 Å². The van der Waals surface area contributed by atoms with Crippen LogP contribution in [0.2, 0.25) is 0 Å². The summed E-state index contributed by atoms with van der Waals surface area (Å²) >= 11 is 0. The minimum atomic E-state index is -0.251. The molecule has 0 fully saturated rings. The molecular weight excluding hydrogens is 315 g/mol. The minimum absolute atomic E-state index is 0.0304. The smallest absolute Gasteiger partial charge is 0.123 e. The van der Waals surface area contributed by atoms with E-state index in [-0.39, 0.29) is 11.7 Å². The molecule has 2 aromatic heterocycles. The number of nitrogens with two attached hydrogens (primary N) is 1. The highest BCUT2D eigenvalue weighted by molar-refractivity contribution is 5.84. The van der Waals surface area contributed by atoms with E-state index in [2.05, 4.69) is 22.2 Å². The van der Waals surface area contributed by atoms with Crippen molar-refractivity contribution in [3.8, 4) is 11.3 Å². The van der Waals surface area contributed by atoms with Gasteiger partial charge in [0.15, 0.2) is 0 Å². The first-order valence-corrected chi connectivity index (χ1v) is 8.23. The number of nitrogens with zero attached hydrogens (tertiary/aromatic N) is 2. The van der Waals surface area contributed by atoms with Gasteiger partial charge in [0.1, 0.15) is 5.82 Å². The van der Waals surface area contributed by atoms with Gasteiger partial charge in [0.2, 0.25) is 0 Å². The number of aryl methyl sites for hydroxylation is 1. The molecule has 1 atom stereocenters. The molecule has 0 aliphatic rings. The average molecular weight is 334 g/mol. The first-order valence-electron chi connectivity index (χ1n) is 8.23. The van der Waals surface area contributed by atoms with Crippen molar-refractivity contribution in [1.29, 1.82) is 0 Å². The van der Waals surface area contributed by atoms with Crippen LogP contribution in [0.15, 0.2) is 60.8 Å². The molecule has 0 saturated carbocycles. The maximum Gasteiger partial charge on any atom is 0.123 e. The minimum Gasteiger partial charge on any atom is -0.361 e. The summed E-state index contributed by atoms with van der Waals surface area (Å²) in [6.45, 7) is 0.476. The van der Waals surface area contributed by atoms with Crippen molar-refractivity contribution in [3.63, 3.8) is 0 Å². The van der Waals surface area contributed by atoms with Crippen LogP contribution >= 0.6 is 0 Å². The lowest BCUT2D eigenvalue weighted by atomic mass is 9.94. The van der Waals surface area contributed by atoms with Gasteiger partial charge in [-0.05, 0) is 42.0 Å².